The molecule has 1 amide bonds. The molecule has 3 rings (SSSR count). The van der Waals surface area contributed by atoms with Crippen molar-refractivity contribution in [2.45, 2.75) is 45.7 Å². The number of amides is 1. The molecule has 2 fully saturated rings. The summed E-state index contributed by atoms with van der Waals surface area (Å²) in [5.41, 5.74) is 2.56. The van der Waals surface area contributed by atoms with Crippen LogP contribution in [0, 0.1) is 5.92 Å². The molecule has 1 heterocycles. The Bertz CT molecular complexity index is 514. The fraction of sp³-hybridized carbons (Fsp3) is 0.650. The highest BCUT2D eigenvalue weighted by Gasteiger charge is 2.22. The van der Waals surface area contributed by atoms with Gasteiger partial charge >= 0.3 is 0 Å². The molecule has 1 aliphatic heterocycles. The Hall–Kier alpha value is -1.39. The van der Waals surface area contributed by atoms with Crippen molar-refractivity contribution >= 4 is 5.91 Å². The molecule has 1 saturated heterocycles. The summed E-state index contributed by atoms with van der Waals surface area (Å²) in [7, 11) is 0. The van der Waals surface area contributed by atoms with Gasteiger partial charge in [-0.1, -0.05) is 44.0 Å². The van der Waals surface area contributed by atoms with Crippen LogP contribution in [0.3, 0.4) is 0 Å². The third-order valence-corrected chi connectivity index (χ3v) is 5.53. The highest BCUT2D eigenvalue weighted by molar-refractivity contribution is 5.78. The predicted octanol–water partition coefficient (Wildman–Crippen LogP) is 2.63. The van der Waals surface area contributed by atoms with E-state index in [1.807, 2.05) is 0 Å². The van der Waals surface area contributed by atoms with E-state index >= 15 is 0 Å². The number of carbonyl (C=O) groups is 1. The van der Waals surface area contributed by atoms with Crippen LogP contribution in [0.15, 0.2) is 24.3 Å². The highest BCUT2D eigenvalue weighted by Crippen LogP contribution is 2.24. The second-order valence-corrected chi connectivity index (χ2v) is 7.23. The number of rotatable bonds is 6. The van der Waals surface area contributed by atoms with Crippen LogP contribution < -0.4 is 5.32 Å². The van der Waals surface area contributed by atoms with Gasteiger partial charge in [-0.3, -0.25) is 9.69 Å². The van der Waals surface area contributed by atoms with E-state index in [9.17, 15) is 4.79 Å². The number of carbonyl (C=O) groups excluding carboxylic acids is 1. The number of piperazine rings is 1. The molecule has 0 radical (unpaired) electrons. The minimum Gasteiger partial charge on any atom is -0.352 e. The molecule has 1 aromatic rings. The van der Waals surface area contributed by atoms with Crippen molar-refractivity contribution < 1.29 is 4.79 Å². The van der Waals surface area contributed by atoms with E-state index in [0.717, 1.165) is 39.0 Å². The van der Waals surface area contributed by atoms with E-state index < -0.39 is 0 Å². The predicted molar refractivity (Wildman–Crippen MR) is 97.6 cm³/mol. The largest absolute Gasteiger partial charge is 0.352 e. The summed E-state index contributed by atoms with van der Waals surface area (Å²) >= 11 is 0. The molecule has 24 heavy (non-hydrogen) atoms. The van der Waals surface area contributed by atoms with Gasteiger partial charge in [-0.05, 0) is 30.5 Å². The van der Waals surface area contributed by atoms with Crippen LogP contribution in [0.5, 0.6) is 0 Å². The van der Waals surface area contributed by atoms with E-state index in [2.05, 4.69) is 46.3 Å². The number of nitrogens with zero attached hydrogens (tertiary/aromatic N) is 2. The molecule has 1 aliphatic carbocycles. The van der Waals surface area contributed by atoms with Crippen molar-refractivity contribution in [3.05, 3.63) is 35.4 Å². The van der Waals surface area contributed by atoms with Crippen LogP contribution in [0.25, 0.3) is 0 Å². The lowest BCUT2D eigenvalue weighted by Crippen LogP contribution is -2.45. The fourth-order valence-corrected chi connectivity index (χ4v) is 3.81. The molecule has 0 atom stereocenters. The second kappa shape index (κ2) is 8.63. The molecule has 2 aliphatic rings. The van der Waals surface area contributed by atoms with Gasteiger partial charge in [0.1, 0.15) is 0 Å². The summed E-state index contributed by atoms with van der Waals surface area (Å²) in [6, 6.07) is 8.74. The number of likely N-dealkylation sites (N-methyl/N-ethyl adjacent to an activating group) is 1. The first-order valence-electron chi connectivity index (χ1n) is 9.55. The average molecular weight is 329 g/mol. The van der Waals surface area contributed by atoms with Crippen molar-refractivity contribution in [1.82, 2.24) is 15.1 Å². The van der Waals surface area contributed by atoms with E-state index in [0.29, 0.717) is 6.54 Å². The number of benzene rings is 1. The first-order chi connectivity index (χ1) is 11.7. The molecule has 4 nitrogen and oxygen atoms in total. The smallest absolute Gasteiger partial charge is 0.223 e. The van der Waals surface area contributed by atoms with Crippen molar-refractivity contribution in [1.29, 1.82) is 0 Å². The van der Waals surface area contributed by atoms with E-state index in [1.54, 1.807) is 0 Å². The van der Waals surface area contributed by atoms with Crippen molar-refractivity contribution in [3.8, 4) is 0 Å². The maximum absolute atomic E-state index is 12.1. The molecular weight excluding hydrogens is 298 g/mol. The molecule has 0 unspecified atom stereocenters. The van der Waals surface area contributed by atoms with Crippen molar-refractivity contribution in [2.24, 2.45) is 5.92 Å². The minimum atomic E-state index is 0.241. The van der Waals surface area contributed by atoms with E-state index in [1.165, 1.54) is 37.1 Å². The van der Waals surface area contributed by atoms with Gasteiger partial charge in [0, 0.05) is 45.2 Å². The maximum atomic E-state index is 12.1. The molecule has 1 aromatic carbocycles. The zero-order valence-electron chi connectivity index (χ0n) is 15.0. The monoisotopic (exact) mass is 329 g/mol. The molecule has 0 spiro atoms. The number of hydrogen-bond donors (Lipinski definition) is 1. The molecular formula is C20H31N3O. The lowest BCUT2D eigenvalue weighted by molar-refractivity contribution is -0.124. The van der Waals surface area contributed by atoms with Crippen LogP contribution >= 0.6 is 0 Å². The Labute approximate surface area is 146 Å². The topological polar surface area (TPSA) is 35.6 Å². The van der Waals surface area contributed by atoms with Gasteiger partial charge in [-0.15, -0.1) is 0 Å². The average Bonchev–Trinajstić information content (AvgIpc) is 3.16. The van der Waals surface area contributed by atoms with Crippen LogP contribution in [0.4, 0.5) is 0 Å². The molecule has 4 heteroatoms. The summed E-state index contributed by atoms with van der Waals surface area (Å²) in [6.45, 7) is 9.77. The lowest BCUT2D eigenvalue weighted by atomic mass is 10.1. The zero-order chi connectivity index (χ0) is 16.8. The Morgan fingerprint density at radius 3 is 2.21 bits per heavy atom. The lowest BCUT2D eigenvalue weighted by Gasteiger charge is -2.34. The quantitative estimate of drug-likeness (QED) is 0.871. The maximum Gasteiger partial charge on any atom is 0.223 e. The summed E-state index contributed by atoms with van der Waals surface area (Å²) in [5, 5.41) is 3.10. The normalized spacial score (nSPS) is 20.4. The van der Waals surface area contributed by atoms with Crippen molar-refractivity contribution in [3.63, 3.8) is 0 Å². The van der Waals surface area contributed by atoms with Gasteiger partial charge in [0.05, 0.1) is 0 Å². The Kier molecular flexibility index (Phi) is 6.27. The molecule has 1 saturated carbocycles. The summed E-state index contributed by atoms with van der Waals surface area (Å²) in [4.78, 5) is 17.1. The second-order valence-electron chi connectivity index (χ2n) is 7.23. The fourth-order valence-electron chi connectivity index (χ4n) is 3.81. The Morgan fingerprint density at radius 1 is 1.00 bits per heavy atom. The van der Waals surface area contributed by atoms with Crippen LogP contribution in [0.2, 0.25) is 0 Å². The van der Waals surface area contributed by atoms with Gasteiger partial charge in [0.25, 0.3) is 0 Å². The van der Waals surface area contributed by atoms with Crippen LogP contribution in [0.1, 0.15) is 43.7 Å². The van der Waals surface area contributed by atoms with Gasteiger partial charge in [0.15, 0.2) is 0 Å². The van der Waals surface area contributed by atoms with E-state index in [4.69, 9.17) is 0 Å². The molecule has 0 bridgehead atoms. The standard InChI is InChI=1S/C20H31N3O/c1-2-22-11-13-23(14-12-22)16-18-9-7-17(8-10-18)15-21-20(24)19-5-3-4-6-19/h7-10,19H,2-6,11-16H2,1H3,(H,21,24). The third-order valence-electron chi connectivity index (χ3n) is 5.53. The van der Waals surface area contributed by atoms with Crippen molar-refractivity contribution in [2.75, 3.05) is 32.7 Å². The Balaban J connectivity index is 1.42. The molecule has 1 N–H and O–H groups in total. The highest BCUT2D eigenvalue weighted by atomic mass is 16.1. The van der Waals surface area contributed by atoms with E-state index in [-0.39, 0.29) is 11.8 Å². The number of nitrogens with one attached hydrogen (secondary N) is 1. The van der Waals surface area contributed by atoms with Gasteiger partial charge in [0.2, 0.25) is 5.91 Å². The van der Waals surface area contributed by atoms with Gasteiger partial charge < -0.3 is 10.2 Å². The van der Waals surface area contributed by atoms with Crippen LogP contribution in [-0.4, -0.2) is 48.4 Å². The van der Waals surface area contributed by atoms with Crippen LogP contribution in [-0.2, 0) is 17.9 Å². The summed E-state index contributed by atoms with van der Waals surface area (Å²) in [5.74, 6) is 0.497. The molecule has 132 valence electrons. The summed E-state index contributed by atoms with van der Waals surface area (Å²) in [6.07, 6.45) is 4.55. The third kappa shape index (κ3) is 4.81. The molecule has 0 aromatic heterocycles. The first-order valence-corrected chi connectivity index (χ1v) is 9.55. The SMILES string of the molecule is CCN1CCN(Cc2ccc(CNC(=O)C3CCCC3)cc2)CC1. The Morgan fingerprint density at radius 2 is 1.58 bits per heavy atom. The van der Waals surface area contributed by atoms with Gasteiger partial charge in [-0.2, -0.15) is 0 Å². The van der Waals surface area contributed by atoms with Gasteiger partial charge in [-0.25, -0.2) is 0 Å². The minimum absolute atomic E-state index is 0.241. The first kappa shape index (κ1) is 17.4. The zero-order valence-corrected chi connectivity index (χ0v) is 15.0. The summed E-state index contributed by atoms with van der Waals surface area (Å²) < 4.78 is 0. The number of hydrogen-bond acceptors (Lipinski definition) is 3.